The van der Waals surface area contributed by atoms with Gasteiger partial charge in [0.15, 0.2) is 11.5 Å². The Morgan fingerprint density at radius 2 is 1.82 bits per heavy atom. The van der Waals surface area contributed by atoms with E-state index in [4.69, 9.17) is 19.6 Å². The second kappa shape index (κ2) is 14.2. The fourth-order valence-electron chi connectivity index (χ4n) is 5.95. The number of fused-ring (bicyclic) bond motifs is 1. The van der Waals surface area contributed by atoms with Crippen molar-refractivity contribution in [1.29, 1.82) is 0 Å². The summed E-state index contributed by atoms with van der Waals surface area (Å²) >= 11 is 0. The minimum atomic E-state index is -0.288. The number of aromatic amines is 1. The van der Waals surface area contributed by atoms with Gasteiger partial charge in [0.2, 0.25) is 11.9 Å². The van der Waals surface area contributed by atoms with Crippen LogP contribution in [0.5, 0.6) is 17.2 Å². The summed E-state index contributed by atoms with van der Waals surface area (Å²) in [6.07, 6.45) is 11.8. The number of anilines is 2. The van der Waals surface area contributed by atoms with Crippen molar-refractivity contribution in [2.75, 3.05) is 44.4 Å². The molecule has 49 heavy (non-hydrogen) atoms. The molecule has 252 valence electrons. The van der Waals surface area contributed by atoms with Crippen molar-refractivity contribution in [3.05, 3.63) is 96.5 Å². The van der Waals surface area contributed by atoms with E-state index in [0.717, 1.165) is 29.7 Å². The molecule has 1 saturated carbocycles. The molecule has 0 unspecified atom stereocenters. The molecule has 1 atom stereocenters. The molecule has 2 fully saturated rings. The van der Waals surface area contributed by atoms with E-state index in [9.17, 15) is 9.59 Å². The lowest BCUT2D eigenvalue weighted by Crippen LogP contribution is -2.30. The van der Waals surface area contributed by atoms with Gasteiger partial charge < -0.3 is 24.7 Å². The molecule has 2 aliphatic rings. The second-order valence-electron chi connectivity index (χ2n) is 12.4. The molecule has 2 aromatic carbocycles. The van der Waals surface area contributed by atoms with Gasteiger partial charge in [-0.3, -0.25) is 19.8 Å². The van der Waals surface area contributed by atoms with Gasteiger partial charge in [0, 0.05) is 68.0 Å². The van der Waals surface area contributed by atoms with Gasteiger partial charge in [0.1, 0.15) is 22.6 Å². The largest absolute Gasteiger partial charge is 0.497 e. The van der Waals surface area contributed by atoms with E-state index in [1.165, 1.54) is 12.8 Å². The van der Waals surface area contributed by atoms with Crippen molar-refractivity contribution < 1.29 is 19.1 Å². The fraction of sp³-hybridized carbons (Fsp3) is 0.306. The number of likely N-dealkylation sites (N-methyl/N-ethyl adjacent to an activating group) is 1. The van der Waals surface area contributed by atoms with Crippen molar-refractivity contribution in [2.45, 2.75) is 37.9 Å². The maximum atomic E-state index is 13.0. The van der Waals surface area contributed by atoms with Gasteiger partial charge in [0.05, 0.1) is 13.7 Å². The van der Waals surface area contributed by atoms with Crippen LogP contribution >= 0.6 is 0 Å². The molecule has 0 radical (unpaired) electrons. The van der Waals surface area contributed by atoms with E-state index in [-0.39, 0.29) is 17.9 Å². The van der Waals surface area contributed by atoms with Gasteiger partial charge in [0.25, 0.3) is 5.91 Å². The monoisotopic (exact) mass is 661 g/mol. The average molecular weight is 662 g/mol. The zero-order valence-electron chi connectivity index (χ0n) is 27.5. The van der Waals surface area contributed by atoms with Crippen LogP contribution in [0, 0.1) is 0 Å². The number of benzene rings is 2. The number of amides is 2. The molecule has 2 amide bonds. The van der Waals surface area contributed by atoms with Gasteiger partial charge >= 0.3 is 0 Å². The molecule has 13 nitrogen and oxygen atoms in total. The molecule has 0 spiro atoms. The number of H-pyrrole nitrogens is 1. The zero-order chi connectivity index (χ0) is 33.7. The molecule has 1 saturated heterocycles. The third-order valence-electron chi connectivity index (χ3n) is 8.83. The number of imidazole rings is 1. The van der Waals surface area contributed by atoms with E-state index in [0.29, 0.717) is 60.2 Å². The normalized spacial score (nSPS) is 16.1. The Labute approximate surface area is 283 Å². The molecule has 3 aromatic heterocycles. The summed E-state index contributed by atoms with van der Waals surface area (Å²) in [6, 6.07) is 17.2. The van der Waals surface area contributed by atoms with Crippen LogP contribution in [0.25, 0.3) is 11.0 Å². The highest BCUT2D eigenvalue weighted by Crippen LogP contribution is 2.35. The lowest BCUT2D eigenvalue weighted by Gasteiger charge is -2.16. The summed E-state index contributed by atoms with van der Waals surface area (Å²) in [7, 11) is 3.75. The lowest BCUT2D eigenvalue weighted by atomic mass is 10.2. The number of likely N-dealkylation sites (tertiary alicyclic amines) is 1. The van der Waals surface area contributed by atoms with Crippen molar-refractivity contribution in [3.8, 4) is 17.2 Å². The van der Waals surface area contributed by atoms with Gasteiger partial charge in [-0.1, -0.05) is 18.2 Å². The number of carbonyl (C=O) groups excluding carboxylic acids is 2. The Morgan fingerprint density at radius 3 is 2.55 bits per heavy atom. The minimum Gasteiger partial charge on any atom is -0.497 e. The lowest BCUT2D eigenvalue weighted by molar-refractivity contribution is -0.125. The van der Waals surface area contributed by atoms with Gasteiger partial charge in [-0.2, -0.15) is 5.10 Å². The standard InChI is InChI=1S/C36H39N9O4/c1-43(27-9-10-27)20-3-4-31(46)44-21-16-26(23-44)40-33-32-30(49-29-13-7-25(8-14-29)35(47)41-36-38-18-19-39-36)15-17-37-34(32)45(42-33)22-24-5-11-28(48-2)12-6-24/h3-8,11-15,17-19,26-27H,9-10,16,20-23H2,1-2H3,(H,40,42)(H2,38,39,41,47)/t26-/m1/s1. The smallest absolute Gasteiger partial charge is 0.257 e. The molecule has 7 rings (SSSR count). The number of aromatic nitrogens is 5. The van der Waals surface area contributed by atoms with Crippen molar-refractivity contribution in [1.82, 2.24) is 34.5 Å². The van der Waals surface area contributed by atoms with Gasteiger partial charge in [-0.05, 0) is 68.3 Å². The van der Waals surface area contributed by atoms with Crippen LogP contribution in [0.4, 0.5) is 11.8 Å². The second-order valence-corrected chi connectivity index (χ2v) is 12.4. The van der Waals surface area contributed by atoms with Crippen LogP contribution < -0.4 is 20.1 Å². The number of ether oxygens (including phenoxy) is 2. The van der Waals surface area contributed by atoms with Crippen LogP contribution in [0.2, 0.25) is 0 Å². The summed E-state index contributed by atoms with van der Waals surface area (Å²) in [5.74, 6) is 2.63. The van der Waals surface area contributed by atoms with Gasteiger partial charge in [-0.15, -0.1) is 0 Å². The molecule has 3 N–H and O–H groups in total. The first-order valence-electron chi connectivity index (χ1n) is 16.4. The Bertz CT molecular complexity index is 1930. The first kappa shape index (κ1) is 31.9. The summed E-state index contributed by atoms with van der Waals surface area (Å²) in [5.41, 5.74) is 2.15. The Hall–Kier alpha value is -5.69. The molecular formula is C36H39N9O4. The zero-order valence-corrected chi connectivity index (χ0v) is 27.5. The molecule has 4 heterocycles. The van der Waals surface area contributed by atoms with E-state index in [1.807, 2.05) is 39.9 Å². The predicted molar refractivity (Wildman–Crippen MR) is 186 cm³/mol. The summed E-state index contributed by atoms with van der Waals surface area (Å²) in [6.45, 7) is 2.48. The summed E-state index contributed by atoms with van der Waals surface area (Å²) in [5, 5.41) is 12.0. The third kappa shape index (κ3) is 7.57. The van der Waals surface area contributed by atoms with Crippen molar-refractivity contribution in [3.63, 3.8) is 0 Å². The number of pyridine rings is 1. The number of methoxy groups -OCH3 is 1. The quantitative estimate of drug-likeness (QED) is 0.150. The van der Waals surface area contributed by atoms with Crippen LogP contribution in [-0.4, -0.2) is 92.2 Å². The highest BCUT2D eigenvalue weighted by molar-refractivity contribution is 6.03. The molecule has 1 aliphatic carbocycles. The fourth-order valence-corrected chi connectivity index (χ4v) is 5.95. The first-order valence-corrected chi connectivity index (χ1v) is 16.4. The van der Waals surface area contributed by atoms with Crippen molar-refractivity contribution >= 4 is 34.6 Å². The Balaban J connectivity index is 1.11. The SMILES string of the molecule is COc1ccc(Cn2nc(N[C@@H]3CCN(C(=O)C=CCN(C)C4CC4)C3)c3c(Oc4ccc(C(=O)Nc5ncc[nH]5)cc4)ccnc32)cc1. The summed E-state index contributed by atoms with van der Waals surface area (Å²) in [4.78, 5) is 41.4. The number of nitrogens with zero attached hydrogens (tertiary/aromatic N) is 6. The van der Waals surface area contributed by atoms with Gasteiger partial charge in [-0.25, -0.2) is 14.6 Å². The van der Waals surface area contributed by atoms with E-state index < -0.39 is 0 Å². The maximum Gasteiger partial charge on any atom is 0.257 e. The molecular weight excluding hydrogens is 622 g/mol. The van der Waals surface area contributed by atoms with Crippen LogP contribution in [0.1, 0.15) is 35.2 Å². The van der Waals surface area contributed by atoms with Crippen molar-refractivity contribution in [2.24, 2.45) is 0 Å². The number of carbonyl (C=O) groups is 2. The summed E-state index contributed by atoms with van der Waals surface area (Å²) < 4.78 is 13.6. The van der Waals surface area contributed by atoms with Crippen LogP contribution in [0.15, 0.2) is 85.3 Å². The molecule has 13 heteroatoms. The third-order valence-corrected chi connectivity index (χ3v) is 8.83. The molecule has 0 bridgehead atoms. The van der Waals surface area contributed by atoms with E-state index in [1.54, 1.807) is 62.1 Å². The van der Waals surface area contributed by atoms with Crippen LogP contribution in [0.3, 0.4) is 0 Å². The number of nitrogens with one attached hydrogen (secondary N) is 3. The topological polar surface area (TPSA) is 143 Å². The average Bonchev–Trinajstić information content (AvgIpc) is 3.47. The van der Waals surface area contributed by atoms with E-state index >= 15 is 0 Å². The highest BCUT2D eigenvalue weighted by atomic mass is 16.5. The van der Waals surface area contributed by atoms with Crippen LogP contribution in [-0.2, 0) is 11.3 Å². The number of rotatable bonds is 13. The minimum absolute atomic E-state index is 0.000891. The first-order chi connectivity index (χ1) is 23.9. The molecule has 5 aromatic rings. The molecule has 1 aliphatic heterocycles. The maximum absolute atomic E-state index is 13.0. The number of hydrogen-bond donors (Lipinski definition) is 3. The van der Waals surface area contributed by atoms with E-state index in [2.05, 4.69) is 32.5 Å². The highest BCUT2D eigenvalue weighted by Gasteiger charge is 2.28. The Kier molecular flexibility index (Phi) is 9.24. The Morgan fingerprint density at radius 1 is 1.02 bits per heavy atom. The predicted octanol–water partition coefficient (Wildman–Crippen LogP) is 4.92. The number of hydrogen-bond acceptors (Lipinski definition) is 9.